The number of aryl methyl sites for hydroxylation is 1. The Bertz CT molecular complexity index is 1300. The van der Waals surface area contributed by atoms with Crippen molar-refractivity contribution in [3.05, 3.63) is 96.1 Å². The average molecular weight is 524 g/mol. The molecule has 0 aliphatic carbocycles. The summed E-state index contributed by atoms with van der Waals surface area (Å²) in [5, 5.41) is 19.3. The highest BCUT2D eigenvalue weighted by Crippen LogP contribution is 2.27. The molecule has 0 aliphatic heterocycles. The molecule has 7 nitrogen and oxygen atoms in total. The van der Waals surface area contributed by atoms with Crippen LogP contribution in [0.5, 0.6) is 5.75 Å². The minimum atomic E-state index is -3.74. The summed E-state index contributed by atoms with van der Waals surface area (Å²) in [6.45, 7) is 3.91. The van der Waals surface area contributed by atoms with Crippen molar-refractivity contribution < 1.29 is 28.2 Å². The molecule has 0 heterocycles. The first kappa shape index (κ1) is 28.0. The predicted molar refractivity (Wildman–Crippen MR) is 145 cm³/mol. The molecule has 0 spiro atoms. The molecule has 0 radical (unpaired) electrons. The fourth-order valence-electron chi connectivity index (χ4n) is 3.89. The first-order valence-corrected chi connectivity index (χ1v) is 13.6. The molecule has 1 atom stereocenters. The number of rotatable bonds is 13. The van der Waals surface area contributed by atoms with Gasteiger partial charge in [0, 0.05) is 18.9 Å². The largest absolute Gasteiger partial charge is 0.493 e. The summed E-state index contributed by atoms with van der Waals surface area (Å²) in [5.41, 5.74) is 2.11. The van der Waals surface area contributed by atoms with Crippen LogP contribution >= 0.6 is 0 Å². The SMILES string of the molecule is CC(C)N(c1cccc(/C=C/[C@H](O)CCOc2ccccc2CCC(=O)O)c1)S(=O)(=O)c1ccccc1. The second-order valence-electron chi connectivity index (χ2n) is 8.87. The Kier molecular flexibility index (Phi) is 9.88. The zero-order valence-electron chi connectivity index (χ0n) is 21.0. The molecule has 0 saturated carbocycles. The van der Waals surface area contributed by atoms with E-state index in [0.717, 1.165) is 11.1 Å². The maximum absolute atomic E-state index is 13.3. The van der Waals surface area contributed by atoms with Crippen LogP contribution in [0.4, 0.5) is 5.69 Å². The first-order chi connectivity index (χ1) is 17.7. The lowest BCUT2D eigenvalue weighted by molar-refractivity contribution is -0.136. The molecule has 0 amide bonds. The third-order valence-electron chi connectivity index (χ3n) is 5.66. The van der Waals surface area contributed by atoms with Crippen LogP contribution in [0.3, 0.4) is 0 Å². The molecule has 0 aliphatic rings. The summed E-state index contributed by atoms with van der Waals surface area (Å²) >= 11 is 0. The van der Waals surface area contributed by atoms with E-state index < -0.39 is 22.1 Å². The number of benzene rings is 3. The Morgan fingerprint density at radius 3 is 2.41 bits per heavy atom. The third-order valence-corrected chi connectivity index (χ3v) is 7.67. The number of carboxylic acids is 1. The topological polar surface area (TPSA) is 104 Å². The fraction of sp³-hybridized carbons (Fsp3) is 0.276. The van der Waals surface area contributed by atoms with Crippen molar-refractivity contribution in [3.63, 3.8) is 0 Å². The van der Waals surface area contributed by atoms with Gasteiger partial charge < -0.3 is 14.9 Å². The van der Waals surface area contributed by atoms with Crippen molar-refractivity contribution in [1.29, 1.82) is 0 Å². The van der Waals surface area contributed by atoms with Crippen LogP contribution in [0.15, 0.2) is 89.8 Å². The van der Waals surface area contributed by atoms with Crippen LogP contribution in [0.25, 0.3) is 6.08 Å². The molecule has 8 heteroatoms. The highest BCUT2D eigenvalue weighted by Gasteiger charge is 2.27. The smallest absolute Gasteiger partial charge is 0.303 e. The second-order valence-corrected chi connectivity index (χ2v) is 10.7. The molecule has 0 bridgehead atoms. The number of ether oxygens (including phenoxy) is 1. The van der Waals surface area contributed by atoms with Crippen molar-refractivity contribution in [1.82, 2.24) is 0 Å². The molecule has 196 valence electrons. The van der Waals surface area contributed by atoms with Gasteiger partial charge in [0.1, 0.15) is 5.75 Å². The number of hydrogen-bond donors (Lipinski definition) is 2. The number of para-hydroxylation sites is 1. The third kappa shape index (κ3) is 7.93. The molecule has 0 saturated heterocycles. The van der Waals surface area contributed by atoms with E-state index in [0.29, 0.717) is 24.3 Å². The van der Waals surface area contributed by atoms with E-state index in [1.165, 1.54) is 4.31 Å². The van der Waals surface area contributed by atoms with Gasteiger partial charge in [0.25, 0.3) is 10.0 Å². The molecule has 3 aromatic carbocycles. The van der Waals surface area contributed by atoms with Gasteiger partial charge in [-0.2, -0.15) is 0 Å². The highest BCUT2D eigenvalue weighted by atomic mass is 32.2. The van der Waals surface area contributed by atoms with Crippen LogP contribution in [0.2, 0.25) is 0 Å². The predicted octanol–water partition coefficient (Wildman–Crippen LogP) is 5.15. The summed E-state index contributed by atoms with van der Waals surface area (Å²) in [5.74, 6) is -0.255. The van der Waals surface area contributed by atoms with Gasteiger partial charge in [0.05, 0.1) is 23.3 Å². The van der Waals surface area contributed by atoms with E-state index in [2.05, 4.69) is 0 Å². The minimum absolute atomic E-state index is 0.0195. The van der Waals surface area contributed by atoms with Crippen molar-refractivity contribution in [2.75, 3.05) is 10.9 Å². The van der Waals surface area contributed by atoms with Gasteiger partial charge in [-0.25, -0.2) is 8.42 Å². The van der Waals surface area contributed by atoms with Gasteiger partial charge in [-0.3, -0.25) is 9.10 Å². The number of anilines is 1. The first-order valence-electron chi connectivity index (χ1n) is 12.2. The normalized spacial score (nSPS) is 12.5. The van der Waals surface area contributed by atoms with Crippen molar-refractivity contribution >= 4 is 27.8 Å². The van der Waals surface area contributed by atoms with Gasteiger partial charge in [0.2, 0.25) is 0 Å². The standard InChI is InChI=1S/C29H33NO6S/c1-22(2)30(37(34,35)27-12-4-3-5-13-27)25-11-8-9-23(21-25)15-17-26(31)19-20-36-28-14-7-6-10-24(28)16-18-29(32)33/h3-15,17,21-22,26,31H,16,18-20H2,1-2H3,(H,32,33)/b17-15+/t26-/m0/s1. The second kappa shape index (κ2) is 13.1. The van der Waals surface area contributed by atoms with Crippen LogP contribution in [-0.2, 0) is 21.2 Å². The van der Waals surface area contributed by atoms with Gasteiger partial charge in [0.15, 0.2) is 0 Å². The Hall–Kier alpha value is -3.62. The number of nitrogens with zero attached hydrogens (tertiary/aromatic N) is 1. The van der Waals surface area contributed by atoms with Crippen molar-refractivity contribution in [3.8, 4) is 5.75 Å². The van der Waals surface area contributed by atoms with Gasteiger partial charge in [-0.05, 0) is 61.7 Å². The maximum atomic E-state index is 13.3. The summed E-state index contributed by atoms with van der Waals surface area (Å²) in [6.07, 6.45) is 3.35. The summed E-state index contributed by atoms with van der Waals surface area (Å²) in [6, 6.07) is 22.5. The zero-order valence-corrected chi connectivity index (χ0v) is 21.8. The minimum Gasteiger partial charge on any atom is -0.493 e. The molecular weight excluding hydrogens is 490 g/mol. The number of aliphatic hydroxyl groups excluding tert-OH is 1. The fourth-order valence-corrected chi connectivity index (χ4v) is 5.56. The quantitative estimate of drug-likeness (QED) is 0.321. The maximum Gasteiger partial charge on any atom is 0.303 e. The molecule has 0 fully saturated rings. The Morgan fingerprint density at radius 1 is 1.00 bits per heavy atom. The van der Waals surface area contributed by atoms with E-state index in [4.69, 9.17) is 9.84 Å². The number of carboxylic acid groups (broad SMARTS) is 1. The summed E-state index contributed by atoms with van der Waals surface area (Å²) < 4.78 is 33.8. The number of hydrogen-bond acceptors (Lipinski definition) is 5. The van der Waals surface area contributed by atoms with Crippen LogP contribution in [0.1, 0.15) is 37.8 Å². The molecular formula is C29H33NO6S. The van der Waals surface area contributed by atoms with Gasteiger partial charge in [-0.15, -0.1) is 0 Å². The molecule has 0 unspecified atom stereocenters. The van der Waals surface area contributed by atoms with Gasteiger partial charge in [-0.1, -0.05) is 60.7 Å². The molecule has 3 rings (SSSR count). The highest BCUT2D eigenvalue weighted by molar-refractivity contribution is 7.92. The lowest BCUT2D eigenvalue weighted by Crippen LogP contribution is -2.37. The molecule has 0 aromatic heterocycles. The van der Waals surface area contributed by atoms with Crippen LogP contribution in [0, 0.1) is 0 Å². The average Bonchev–Trinajstić information content (AvgIpc) is 2.87. The molecule has 2 N–H and O–H groups in total. The number of carbonyl (C=O) groups is 1. The Labute approximate surface area is 218 Å². The van der Waals surface area contributed by atoms with Crippen molar-refractivity contribution in [2.24, 2.45) is 0 Å². The van der Waals surface area contributed by atoms with Gasteiger partial charge >= 0.3 is 5.97 Å². The van der Waals surface area contributed by atoms with Crippen molar-refractivity contribution in [2.45, 2.75) is 50.2 Å². The lowest BCUT2D eigenvalue weighted by atomic mass is 10.1. The Morgan fingerprint density at radius 2 is 1.70 bits per heavy atom. The number of aliphatic carboxylic acids is 1. The monoisotopic (exact) mass is 523 g/mol. The van der Waals surface area contributed by atoms with E-state index in [1.54, 1.807) is 66.7 Å². The van der Waals surface area contributed by atoms with Crippen LogP contribution < -0.4 is 9.04 Å². The summed E-state index contributed by atoms with van der Waals surface area (Å²) in [7, 11) is -3.74. The van der Waals surface area contributed by atoms with Crippen LogP contribution in [-0.4, -0.2) is 43.4 Å². The molecule has 3 aromatic rings. The number of sulfonamides is 1. The summed E-state index contributed by atoms with van der Waals surface area (Å²) in [4.78, 5) is 11.1. The number of aliphatic hydroxyl groups is 1. The van der Waals surface area contributed by atoms with E-state index in [-0.39, 0.29) is 24.0 Å². The lowest BCUT2D eigenvalue weighted by Gasteiger charge is -2.28. The zero-order chi connectivity index (χ0) is 26.8. The van der Waals surface area contributed by atoms with E-state index >= 15 is 0 Å². The van der Waals surface area contributed by atoms with E-state index in [9.17, 15) is 18.3 Å². The molecule has 37 heavy (non-hydrogen) atoms. The van der Waals surface area contributed by atoms with E-state index in [1.807, 2.05) is 38.1 Å². The Balaban J connectivity index is 1.65.